The van der Waals surface area contributed by atoms with Crippen LogP contribution in [0.5, 0.6) is 0 Å². The number of hydrogen-bond donors (Lipinski definition) is 2. The molecule has 1 aromatic carbocycles. The second-order valence-electron chi connectivity index (χ2n) is 6.04. The minimum Gasteiger partial charge on any atom is -0.361 e. The van der Waals surface area contributed by atoms with Gasteiger partial charge in [0.15, 0.2) is 5.78 Å². The fourth-order valence-electron chi connectivity index (χ4n) is 3.14. The number of aromatic amines is 1. The molecule has 128 valence electrons. The highest BCUT2D eigenvalue weighted by Gasteiger charge is 2.33. The summed E-state index contributed by atoms with van der Waals surface area (Å²) >= 11 is 7.11. The monoisotopic (exact) mass is 373 g/mol. The van der Waals surface area contributed by atoms with Crippen LogP contribution in [0.4, 0.5) is 0 Å². The largest absolute Gasteiger partial charge is 0.361 e. The summed E-state index contributed by atoms with van der Waals surface area (Å²) in [5, 5.41) is 4.33. The molecule has 0 spiro atoms. The fraction of sp³-hybridized carbons (Fsp3) is 0.222. The molecular weight excluding hydrogens is 358 g/mol. The molecule has 7 heteroatoms. The molecule has 2 N–H and O–H groups in total. The Morgan fingerprint density at radius 2 is 2.12 bits per heavy atom. The SMILES string of the molecule is O=C(CN1CN[C@@H](Cc2c[nH]c3ccccc23)C1=O)c1ccc(Cl)s1. The highest BCUT2D eigenvalue weighted by atomic mass is 35.5. The fourth-order valence-corrected chi connectivity index (χ4v) is 4.11. The van der Waals surface area contributed by atoms with Crippen LogP contribution in [0.2, 0.25) is 4.34 Å². The van der Waals surface area contributed by atoms with Crippen LogP contribution in [-0.4, -0.2) is 40.8 Å². The summed E-state index contributed by atoms with van der Waals surface area (Å²) in [7, 11) is 0. The summed E-state index contributed by atoms with van der Waals surface area (Å²) < 4.78 is 0.575. The number of carbonyl (C=O) groups excluding carboxylic acids is 2. The van der Waals surface area contributed by atoms with Gasteiger partial charge in [-0.15, -0.1) is 11.3 Å². The molecule has 2 aromatic heterocycles. The zero-order valence-corrected chi connectivity index (χ0v) is 14.9. The van der Waals surface area contributed by atoms with Crippen molar-refractivity contribution in [1.82, 2.24) is 15.2 Å². The van der Waals surface area contributed by atoms with E-state index in [4.69, 9.17) is 11.6 Å². The lowest BCUT2D eigenvalue weighted by atomic mass is 10.1. The van der Waals surface area contributed by atoms with Gasteiger partial charge in [0.2, 0.25) is 5.91 Å². The van der Waals surface area contributed by atoms with E-state index >= 15 is 0 Å². The van der Waals surface area contributed by atoms with Crippen LogP contribution in [0.3, 0.4) is 0 Å². The predicted molar refractivity (Wildman–Crippen MR) is 99.2 cm³/mol. The Morgan fingerprint density at radius 1 is 1.28 bits per heavy atom. The maximum absolute atomic E-state index is 12.6. The Bertz CT molecular complexity index is 949. The molecule has 3 heterocycles. The first-order valence-electron chi connectivity index (χ1n) is 7.97. The molecule has 1 aliphatic heterocycles. The van der Waals surface area contributed by atoms with E-state index < -0.39 is 0 Å². The van der Waals surface area contributed by atoms with Crippen LogP contribution < -0.4 is 5.32 Å². The number of Topliss-reactive ketones (excluding diaryl/α,β-unsaturated/α-hetero) is 1. The predicted octanol–water partition coefficient (Wildman–Crippen LogP) is 3.07. The Kier molecular flexibility index (Phi) is 4.33. The van der Waals surface area contributed by atoms with Crippen molar-refractivity contribution in [3.63, 3.8) is 0 Å². The van der Waals surface area contributed by atoms with Crippen LogP contribution >= 0.6 is 22.9 Å². The Hall–Kier alpha value is -2.15. The number of amides is 1. The molecule has 4 rings (SSSR count). The van der Waals surface area contributed by atoms with E-state index in [1.54, 1.807) is 17.0 Å². The second kappa shape index (κ2) is 6.63. The smallest absolute Gasteiger partial charge is 0.241 e. The number of rotatable bonds is 5. The van der Waals surface area contributed by atoms with Gasteiger partial charge in [-0.3, -0.25) is 14.9 Å². The number of halogens is 1. The molecule has 0 saturated carbocycles. The average molecular weight is 374 g/mol. The number of benzene rings is 1. The van der Waals surface area contributed by atoms with E-state index in [0.717, 1.165) is 16.5 Å². The normalized spacial score (nSPS) is 17.6. The summed E-state index contributed by atoms with van der Waals surface area (Å²) in [4.78, 5) is 30.3. The van der Waals surface area contributed by atoms with Crippen LogP contribution in [-0.2, 0) is 11.2 Å². The molecule has 1 aliphatic rings. The molecule has 1 atom stereocenters. The lowest BCUT2D eigenvalue weighted by Crippen LogP contribution is -2.35. The zero-order valence-electron chi connectivity index (χ0n) is 13.3. The first-order chi connectivity index (χ1) is 12.1. The van der Waals surface area contributed by atoms with Gasteiger partial charge in [0, 0.05) is 17.1 Å². The number of thiophene rings is 1. The lowest BCUT2D eigenvalue weighted by Gasteiger charge is -2.14. The minimum atomic E-state index is -0.307. The third kappa shape index (κ3) is 3.20. The Balaban J connectivity index is 1.44. The van der Waals surface area contributed by atoms with E-state index in [0.29, 0.717) is 22.3 Å². The average Bonchev–Trinajstić information content (AvgIpc) is 3.31. The van der Waals surface area contributed by atoms with Crippen LogP contribution in [0.15, 0.2) is 42.6 Å². The molecular formula is C18H16ClN3O2S. The molecule has 0 radical (unpaired) electrons. The number of carbonyl (C=O) groups is 2. The van der Waals surface area contributed by atoms with Crippen molar-refractivity contribution >= 4 is 45.5 Å². The van der Waals surface area contributed by atoms with Crippen molar-refractivity contribution in [2.75, 3.05) is 13.2 Å². The quantitative estimate of drug-likeness (QED) is 0.675. The van der Waals surface area contributed by atoms with Gasteiger partial charge in [-0.25, -0.2) is 0 Å². The van der Waals surface area contributed by atoms with Gasteiger partial charge in [0.05, 0.1) is 28.5 Å². The number of aromatic nitrogens is 1. The van der Waals surface area contributed by atoms with Gasteiger partial charge in [-0.2, -0.15) is 0 Å². The second-order valence-corrected chi connectivity index (χ2v) is 7.76. The number of ketones is 1. The summed E-state index contributed by atoms with van der Waals surface area (Å²) in [6.07, 6.45) is 2.54. The number of hydrogen-bond acceptors (Lipinski definition) is 4. The minimum absolute atomic E-state index is 0.0405. The Morgan fingerprint density at radius 3 is 2.92 bits per heavy atom. The molecule has 0 aliphatic carbocycles. The maximum atomic E-state index is 12.6. The van der Waals surface area contributed by atoms with Gasteiger partial charge in [-0.1, -0.05) is 29.8 Å². The highest BCUT2D eigenvalue weighted by Crippen LogP contribution is 2.23. The molecule has 0 unspecified atom stereocenters. The molecule has 1 fully saturated rings. The van der Waals surface area contributed by atoms with Gasteiger partial charge in [-0.05, 0) is 30.2 Å². The number of para-hydroxylation sites is 1. The van der Waals surface area contributed by atoms with Crippen LogP contribution in [0.25, 0.3) is 10.9 Å². The molecule has 0 bridgehead atoms. The summed E-state index contributed by atoms with van der Waals surface area (Å²) in [5.74, 6) is -0.124. The van der Waals surface area contributed by atoms with Crippen molar-refractivity contribution in [2.45, 2.75) is 12.5 Å². The third-order valence-corrected chi connectivity index (χ3v) is 5.69. The van der Waals surface area contributed by atoms with Gasteiger partial charge in [0.1, 0.15) is 0 Å². The summed E-state index contributed by atoms with van der Waals surface area (Å²) in [5.41, 5.74) is 2.16. The Labute approximate surface area is 153 Å². The zero-order chi connectivity index (χ0) is 17.4. The topological polar surface area (TPSA) is 65.2 Å². The third-order valence-electron chi connectivity index (χ3n) is 4.42. The molecule has 1 amide bonds. The first-order valence-corrected chi connectivity index (χ1v) is 9.17. The first kappa shape index (κ1) is 16.3. The lowest BCUT2D eigenvalue weighted by molar-refractivity contribution is -0.128. The number of fused-ring (bicyclic) bond motifs is 1. The van der Waals surface area contributed by atoms with Gasteiger partial charge >= 0.3 is 0 Å². The van der Waals surface area contributed by atoms with Crippen molar-refractivity contribution in [1.29, 1.82) is 0 Å². The van der Waals surface area contributed by atoms with Crippen molar-refractivity contribution in [3.05, 3.63) is 57.4 Å². The summed E-state index contributed by atoms with van der Waals surface area (Å²) in [6.45, 7) is 0.462. The van der Waals surface area contributed by atoms with Crippen LogP contribution in [0.1, 0.15) is 15.2 Å². The highest BCUT2D eigenvalue weighted by molar-refractivity contribution is 7.18. The van der Waals surface area contributed by atoms with Gasteiger partial charge in [0.25, 0.3) is 0 Å². The maximum Gasteiger partial charge on any atom is 0.241 e. The molecule has 1 saturated heterocycles. The van der Waals surface area contributed by atoms with E-state index in [1.807, 2.05) is 30.5 Å². The molecule has 25 heavy (non-hydrogen) atoms. The van der Waals surface area contributed by atoms with E-state index in [-0.39, 0.29) is 24.3 Å². The number of H-pyrrole nitrogens is 1. The standard InChI is InChI=1S/C18H16ClN3O2S/c19-17-6-5-16(25-17)15(23)9-22-10-21-14(18(22)24)7-11-8-20-13-4-2-1-3-12(11)13/h1-6,8,14,20-21H,7,9-10H2/t14-/m0/s1. The van der Waals surface area contributed by atoms with Crippen LogP contribution in [0, 0.1) is 0 Å². The van der Waals surface area contributed by atoms with Crippen molar-refractivity contribution in [2.24, 2.45) is 0 Å². The van der Waals surface area contributed by atoms with E-state index in [2.05, 4.69) is 10.3 Å². The van der Waals surface area contributed by atoms with Crippen molar-refractivity contribution in [3.8, 4) is 0 Å². The number of nitrogens with one attached hydrogen (secondary N) is 2. The van der Waals surface area contributed by atoms with E-state index in [9.17, 15) is 9.59 Å². The van der Waals surface area contributed by atoms with Gasteiger partial charge < -0.3 is 9.88 Å². The molecule has 3 aromatic rings. The van der Waals surface area contributed by atoms with E-state index in [1.165, 1.54) is 11.3 Å². The molecule has 5 nitrogen and oxygen atoms in total. The van der Waals surface area contributed by atoms with Crippen molar-refractivity contribution < 1.29 is 9.59 Å². The summed E-state index contributed by atoms with van der Waals surface area (Å²) in [6, 6.07) is 11.1. The number of nitrogens with zero attached hydrogens (tertiary/aromatic N) is 1.